The van der Waals surface area contributed by atoms with Gasteiger partial charge in [-0.05, 0) is 25.7 Å². The van der Waals surface area contributed by atoms with Crippen LogP contribution < -0.4 is 0 Å². The van der Waals surface area contributed by atoms with Crippen LogP contribution >= 0.6 is 0 Å². The van der Waals surface area contributed by atoms with Crippen LogP contribution in [0.1, 0.15) is 30.7 Å². The summed E-state index contributed by atoms with van der Waals surface area (Å²) < 4.78 is 28.0. The van der Waals surface area contributed by atoms with E-state index in [1.807, 2.05) is 17.9 Å². The number of carbonyl (C=O) groups excluding carboxylic acids is 1. The molecule has 0 aromatic carbocycles. The van der Waals surface area contributed by atoms with Gasteiger partial charge in [-0.15, -0.1) is 0 Å². The fraction of sp³-hybridized carbons (Fsp3) is 0.750. The summed E-state index contributed by atoms with van der Waals surface area (Å²) >= 11 is 0. The zero-order valence-corrected chi connectivity index (χ0v) is 15.1. The van der Waals surface area contributed by atoms with Crippen molar-refractivity contribution in [3.63, 3.8) is 0 Å². The van der Waals surface area contributed by atoms with Crippen LogP contribution in [0.5, 0.6) is 0 Å². The first kappa shape index (κ1) is 17.4. The van der Waals surface area contributed by atoms with Crippen molar-refractivity contribution in [3.05, 3.63) is 17.5 Å². The minimum Gasteiger partial charge on any atom is -0.361 e. The lowest BCUT2D eigenvalue weighted by Gasteiger charge is -2.36. The van der Waals surface area contributed by atoms with Gasteiger partial charge in [0.25, 0.3) is 0 Å². The van der Waals surface area contributed by atoms with Crippen molar-refractivity contribution in [2.75, 3.05) is 31.6 Å². The molecule has 1 aromatic rings. The van der Waals surface area contributed by atoms with Crippen LogP contribution in [0.4, 0.5) is 0 Å². The largest absolute Gasteiger partial charge is 0.361 e. The highest BCUT2D eigenvalue weighted by Gasteiger charge is 2.36. The van der Waals surface area contributed by atoms with Crippen LogP contribution in [0.25, 0.3) is 0 Å². The molecule has 0 aliphatic carbocycles. The minimum atomic E-state index is -3.03. The molecule has 1 amide bonds. The monoisotopic (exact) mass is 355 g/mol. The van der Waals surface area contributed by atoms with Gasteiger partial charge in [-0.1, -0.05) is 5.16 Å². The number of aryl methyl sites for hydroxylation is 1. The zero-order chi connectivity index (χ0) is 17.3. The van der Waals surface area contributed by atoms with E-state index in [2.05, 4.69) is 10.1 Å². The maximum atomic E-state index is 12.2. The van der Waals surface area contributed by atoms with E-state index in [-0.39, 0.29) is 23.6 Å². The van der Waals surface area contributed by atoms with Crippen molar-refractivity contribution in [1.82, 2.24) is 15.0 Å². The molecule has 8 heteroatoms. The molecule has 2 aliphatic rings. The third kappa shape index (κ3) is 4.36. The first-order valence-electron chi connectivity index (χ1n) is 8.42. The lowest BCUT2D eigenvalue weighted by atomic mass is 10.0. The molecule has 24 heavy (non-hydrogen) atoms. The van der Waals surface area contributed by atoms with E-state index in [1.54, 1.807) is 0 Å². The van der Waals surface area contributed by atoms with Crippen molar-refractivity contribution in [1.29, 1.82) is 0 Å². The van der Waals surface area contributed by atoms with Gasteiger partial charge in [0.1, 0.15) is 15.6 Å². The summed E-state index contributed by atoms with van der Waals surface area (Å²) in [4.78, 5) is 16.5. The van der Waals surface area contributed by atoms with E-state index in [4.69, 9.17) is 4.52 Å². The standard InChI is InChI=1S/C16H25N3O4S/c1-12-7-14(17-23-12)10-18-5-3-15(4-6-18)19-9-13(8-16(19)20)11-24(2,21)22/h7,13,15H,3-6,8-11H2,1-2H3. The maximum Gasteiger partial charge on any atom is 0.223 e. The number of sulfone groups is 1. The Kier molecular flexibility index (Phi) is 4.96. The molecule has 134 valence electrons. The van der Waals surface area contributed by atoms with E-state index < -0.39 is 9.84 Å². The zero-order valence-electron chi connectivity index (χ0n) is 14.3. The van der Waals surface area contributed by atoms with E-state index in [1.165, 1.54) is 6.26 Å². The van der Waals surface area contributed by atoms with Crippen LogP contribution in [0, 0.1) is 12.8 Å². The Balaban J connectivity index is 1.50. The van der Waals surface area contributed by atoms with Crippen molar-refractivity contribution in [3.8, 4) is 0 Å². The van der Waals surface area contributed by atoms with Crippen LogP contribution in [0.2, 0.25) is 0 Å². The molecule has 2 fully saturated rings. The number of aromatic nitrogens is 1. The van der Waals surface area contributed by atoms with E-state index in [0.717, 1.165) is 43.9 Å². The quantitative estimate of drug-likeness (QED) is 0.778. The van der Waals surface area contributed by atoms with Gasteiger partial charge in [-0.25, -0.2) is 8.42 Å². The van der Waals surface area contributed by atoms with Gasteiger partial charge >= 0.3 is 0 Å². The number of hydrogen-bond donors (Lipinski definition) is 0. The normalized spacial score (nSPS) is 24.0. The number of amides is 1. The topological polar surface area (TPSA) is 83.7 Å². The molecule has 3 rings (SSSR count). The van der Waals surface area contributed by atoms with E-state index >= 15 is 0 Å². The van der Waals surface area contributed by atoms with Gasteiger partial charge in [0, 0.05) is 51.0 Å². The molecule has 1 aromatic heterocycles. The summed E-state index contributed by atoms with van der Waals surface area (Å²) in [5.74, 6) is 0.983. The molecular formula is C16H25N3O4S. The number of rotatable bonds is 5. The smallest absolute Gasteiger partial charge is 0.223 e. The highest BCUT2D eigenvalue weighted by atomic mass is 32.2. The Hall–Kier alpha value is -1.41. The Morgan fingerprint density at radius 2 is 2.04 bits per heavy atom. The van der Waals surface area contributed by atoms with Crippen LogP contribution in [-0.2, 0) is 21.2 Å². The van der Waals surface area contributed by atoms with Crippen molar-refractivity contribution < 1.29 is 17.7 Å². The minimum absolute atomic E-state index is 0.0522. The highest BCUT2D eigenvalue weighted by Crippen LogP contribution is 2.26. The Morgan fingerprint density at radius 1 is 1.33 bits per heavy atom. The molecule has 3 heterocycles. The van der Waals surface area contributed by atoms with Crippen molar-refractivity contribution in [2.24, 2.45) is 5.92 Å². The second kappa shape index (κ2) is 6.84. The first-order valence-corrected chi connectivity index (χ1v) is 10.5. The summed E-state index contributed by atoms with van der Waals surface area (Å²) in [6, 6.07) is 2.18. The molecule has 0 bridgehead atoms. The molecule has 2 saturated heterocycles. The number of hydrogen-bond acceptors (Lipinski definition) is 6. The summed E-state index contributed by atoms with van der Waals surface area (Å²) in [5, 5.41) is 4.02. The van der Waals surface area contributed by atoms with Crippen molar-refractivity contribution >= 4 is 15.7 Å². The Labute approximate surface area is 142 Å². The first-order chi connectivity index (χ1) is 11.3. The Morgan fingerprint density at radius 3 is 2.62 bits per heavy atom. The van der Waals surface area contributed by atoms with Crippen molar-refractivity contribution in [2.45, 2.75) is 38.8 Å². The van der Waals surface area contributed by atoms with Gasteiger partial charge in [-0.3, -0.25) is 9.69 Å². The van der Waals surface area contributed by atoms with Gasteiger partial charge < -0.3 is 9.42 Å². The number of carbonyl (C=O) groups is 1. The van der Waals surface area contributed by atoms with Gasteiger partial charge in [0.2, 0.25) is 5.91 Å². The predicted molar refractivity (Wildman–Crippen MR) is 89.1 cm³/mol. The SMILES string of the molecule is Cc1cc(CN2CCC(N3CC(CS(C)(=O)=O)CC3=O)CC2)no1. The molecule has 0 spiro atoms. The predicted octanol–water partition coefficient (Wildman–Crippen LogP) is 0.841. The fourth-order valence-electron chi connectivity index (χ4n) is 3.81. The molecule has 1 unspecified atom stereocenters. The highest BCUT2D eigenvalue weighted by molar-refractivity contribution is 7.90. The average molecular weight is 355 g/mol. The second-order valence-corrected chi connectivity index (χ2v) is 9.33. The lowest BCUT2D eigenvalue weighted by molar-refractivity contribution is -0.130. The molecule has 0 saturated carbocycles. The fourth-order valence-corrected chi connectivity index (χ4v) is 4.89. The Bertz CT molecular complexity index is 692. The summed E-state index contributed by atoms with van der Waals surface area (Å²) in [6.45, 7) is 5.07. The number of likely N-dealkylation sites (tertiary alicyclic amines) is 2. The van der Waals surface area contributed by atoms with E-state index in [9.17, 15) is 13.2 Å². The van der Waals surface area contributed by atoms with Gasteiger partial charge in [0.05, 0.1) is 11.4 Å². The molecular weight excluding hydrogens is 330 g/mol. The molecule has 0 radical (unpaired) electrons. The molecule has 2 aliphatic heterocycles. The third-order valence-electron chi connectivity index (χ3n) is 4.84. The van der Waals surface area contributed by atoms with Crippen LogP contribution in [0.3, 0.4) is 0 Å². The van der Waals surface area contributed by atoms with Crippen LogP contribution in [-0.4, -0.2) is 67.0 Å². The third-order valence-corrected chi connectivity index (χ3v) is 5.91. The molecule has 0 N–H and O–H groups in total. The summed E-state index contributed by atoms with van der Waals surface area (Å²) in [6.07, 6.45) is 3.46. The second-order valence-electron chi connectivity index (χ2n) is 7.14. The average Bonchev–Trinajstić information content (AvgIpc) is 3.04. The number of nitrogens with zero attached hydrogens (tertiary/aromatic N) is 3. The molecule has 7 nitrogen and oxygen atoms in total. The maximum absolute atomic E-state index is 12.2. The van der Waals surface area contributed by atoms with Gasteiger partial charge in [0.15, 0.2) is 0 Å². The summed E-state index contributed by atoms with van der Waals surface area (Å²) in [7, 11) is -3.03. The van der Waals surface area contributed by atoms with Crippen LogP contribution in [0.15, 0.2) is 10.6 Å². The number of piperidine rings is 1. The van der Waals surface area contributed by atoms with Gasteiger partial charge in [-0.2, -0.15) is 0 Å². The van der Waals surface area contributed by atoms with E-state index in [0.29, 0.717) is 13.0 Å². The lowest BCUT2D eigenvalue weighted by Crippen LogP contribution is -2.45. The molecule has 1 atom stereocenters. The summed E-state index contributed by atoms with van der Waals surface area (Å²) in [5.41, 5.74) is 0.941.